The number of ether oxygens (including phenoxy) is 1. The van der Waals surface area contributed by atoms with Gasteiger partial charge < -0.3 is 15.0 Å². The van der Waals surface area contributed by atoms with Gasteiger partial charge in [0.15, 0.2) is 0 Å². The van der Waals surface area contributed by atoms with Crippen molar-refractivity contribution in [3.05, 3.63) is 34.8 Å². The van der Waals surface area contributed by atoms with E-state index in [1.807, 2.05) is 50.1 Å². The van der Waals surface area contributed by atoms with Crippen molar-refractivity contribution in [1.82, 2.24) is 15.2 Å². The number of amides is 1. The van der Waals surface area contributed by atoms with Gasteiger partial charge in [0.1, 0.15) is 15.6 Å². The minimum atomic E-state index is 0.104. The lowest BCUT2D eigenvalue weighted by Gasteiger charge is -2.32. The lowest BCUT2D eigenvalue weighted by molar-refractivity contribution is 0.0702. The Bertz CT molecular complexity index is 727. The molecule has 0 saturated carbocycles. The second-order valence-electron chi connectivity index (χ2n) is 6.27. The molecule has 1 N–H and O–H groups in total. The maximum Gasteiger partial charge on any atom is 0.265 e. The van der Waals surface area contributed by atoms with E-state index < -0.39 is 0 Å². The summed E-state index contributed by atoms with van der Waals surface area (Å²) in [7, 11) is 1.96. The summed E-state index contributed by atoms with van der Waals surface area (Å²) in [4.78, 5) is 20.2. The molecule has 0 unspecified atom stereocenters. The third kappa shape index (κ3) is 4.02. The highest BCUT2D eigenvalue weighted by molar-refractivity contribution is 7.17. The fraction of sp³-hybridized carbons (Fsp3) is 0.474. The van der Waals surface area contributed by atoms with Gasteiger partial charge in [-0.1, -0.05) is 0 Å². The summed E-state index contributed by atoms with van der Waals surface area (Å²) in [5.41, 5.74) is 1.83. The summed E-state index contributed by atoms with van der Waals surface area (Å²) < 4.78 is 5.48. The molecule has 1 aromatic carbocycles. The molecule has 0 aliphatic carbocycles. The van der Waals surface area contributed by atoms with Crippen LogP contribution in [-0.2, 0) is 0 Å². The predicted octanol–water partition coefficient (Wildman–Crippen LogP) is 3.34. The van der Waals surface area contributed by atoms with Crippen molar-refractivity contribution >= 4 is 17.2 Å². The molecule has 2 aromatic rings. The molecule has 1 atom stereocenters. The van der Waals surface area contributed by atoms with Crippen LogP contribution in [0, 0.1) is 6.92 Å². The van der Waals surface area contributed by atoms with Gasteiger partial charge in [0.2, 0.25) is 0 Å². The molecule has 1 aromatic heterocycles. The number of piperidine rings is 1. The van der Waals surface area contributed by atoms with E-state index in [0.717, 1.165) is 52.8 Å². The normalized spacial score (nSPS) is 17.6. The van der Waals surface area contributed by atoms with Crippen LogP contribution in [0.2, 0.25) is 0 Å². The van der Waals surface area contributed by atoms with E-state index in [4.69, 9.17) is 4.74 Å². The van der Waals surface area contributed by atoms with Gasteiger partial charge in [-0.15, -0.1) is 11.3 Å². The monoisotopic (exact) mass is 359 g/mol. The highest BCUT2D eigenvalue weighted by atomic mass is 32.1. The van der Waals surface area contributed by atoms with E-state index in [1.165, 1.54) is 11.3 Å². The van der Waals surface area contributed by atoms with Crippen LogP contribution in [0.5, 0.6) is 5.75 Å². The Morgan fingerprint density at radius 1 is 1.40 bits per heavy atom. The number of nitrogens with zero attached hydrogens (tertiary/aromatic N) is 2. The molecule has 134 valence electrons. The molecule has 3 rings (SSSR count). The molecule has 5 nitrogen and oxygen atoms in total. The lowest BCUT2D eigenvalue weighted by atomic mass is 10.1. The van der Waals surface area contributed by atoms with Gasteiger partial charge in [0.05, 0.1) is 12.3 Å². The second-order valence-corrected chi connectivity index (χ2v) is 7.27. The first kappa shape index (κ1) is 17.9. The van der Waals surface area contributed by atoms with Crippen molar-refractivity contribution in [1.29, 1.82) is 0 Å². The van der Waals surface area contributed by atoms with Gasteiger partial charge in [-0.05, 0) is 58.0 Å². The summed E-state index contributed by atoms with van der Waals surface area (Å²) in [6.07, 6.45) is 2.17. The maximum atomic E-state index is 12.9. The molecule has 6 heteroatoms. The summed E-state index contributed by atoms with van der Waals surface area (Å²) in [5.74, 6) is 0.953. The number of carbonyl (C=O) groups excluding carboxylic acids is 1. The summed E-state index contributed by atoms with van der Waals surface area (Å²) in [5, 5.41) is 4.16. The van der Waals surface area contributed by atoms with E-state index in [2.05, 4.69) is 10.3 Å². The quantitative estimate of drug-likeness (QED) is 0.890. The van der Waals surface area contributed by atoms with Gasteiger partial charge >= 0.3 is 0 Å². The van der Waals surface area contributed by atoms with Crippen LogP contribution < -0.4 is 10.1 Å². The molecular formula is C19H25N3O2S. The first-order valence-corrected chi connectivity index (χ1v) is 9.61. The van der Waals surface area contributed by atoms with Crippen LogP contribution in [0.25, 0.3) is 10.6 Å². The predicted molar refractivity (Wildman–Crippen MR) is 101 cm³/mol. The number of aromatic nitrogens is 1. The SMILES string of the molecule is CCOc1ccc(-c2nc(C)c(C(=O)N3CCC[C@H](NC)C3)s2)cc1. The summed E-state index contributed by atoms with van der Waals surface area (Å²) in [6.45, 7) is 6.13. The fourth-order valence-electron chi connectivity index (χ4n) is 3.12. The largest absolute Gasteiger partial charge is 0.494 e. The molecule has 1 fully saturated rings. The van der Waals surface area contributed by atoms with Crippen molar-refractivity contribution < 1.29 is 9.53 Å². The summed E-state index contributed by atoms with van der Waals surface area (Å²) >= 11 is 1.48. The number of rotatable bonds is 5. The molecule has 1 aliphatic heterocycles. The topological polar surface area (TPSA) is 54.5 Å². The molecular weight excluding hydrogens is 334 g/mol. The van der Waals surface area contributed by atoms with Crippen molar-refractivity contribution in [2.24, 2.45) is 0 Å². The highest BCUT2D eigenvalue weighted by Crippen LogP contribution is 2.30. The van der Waals surface area contributed by atoms with E-state index >= 15 is 0 Å². The van der Waals surface area contributed by atoms with Crippen molar-refractivity contribution in [2.45, 2.75) is 32.7 Å². The fourth-order valence-corrected chi connectivity index (χ4v) is 4.16. The average molecular weight is 359 g/mol. The van der Waals surface area contributed by atoms with Crippen LogP contribution in [0.3, 0.4) is 0 Å². The number of aryl methyl sites for hydroxylation is 1. The zero-order valence-electron chi connectivity index (χ0n) is 15.0. The van der Waals surface area contributed by atoms with Gasteiger partial charge in [-0.25, -0.2) is 4.98 Å². The third-order valence-electron chi connectivity index (χ3n) is 4.52. The Balaban J connectivity index is 1.78. The number of thiazole rings is 1. The van der Waals surface area contributed by atoms with Gasteiger partial charge in [0.25, 0.3) is 5.91 Å². The molecule has 1 aliphatic rings. The smallest absolute Gasteiger partial charge is 0.265 e. The molecule has 1 amide bonds. The minimum Gasteiger partial charge on any atom is -0.494 e. The van der Waals surface area contributed by atoms with E-state index in [-0.39, 0.29) is 5.91 Å². The van der Waals surface area contributed by atoms with Crippen LogP contribution >= 0.6 is 11.3 Å². The Hall–Kier alpha value is -1.92. The maximum absolute atomic E-state index is 12.9. The Morgan fingerprint density at radius 3 is 2.84 bits per heavy atom. The van der Waals surface area contributed by atoms with E-state index in [9.17, 15) is 4.79 Å². The van der Waals surface area contributed by atoms with Crippen LogP contribution in [0.4, 0.5) is 0 Å². The zero-order valence-corrected chi connectivity index (χ0v) is 15.9. The average Bonchev–Trinajstić information content (AvgIpc) is 3.03. The summed E-state index contributed by atoms with van der Waals surface area (Å²) in [6, 6.07) is 8.26. The van der Waals surface area contributed by atoms with Crippen LogP contribution in [0.1, 0.15) is 35.1 Å². The first-order chi connectivity index (χ1) is 12.1. The van der Waals surface area contributed by atoms with Crippen molar-refractivity contribution in [3.8, 4) is 16.3 Å². The van der Waals surface area contributed by atoms with E-state index in [1.54, 1.807) is 0 Å². The molecule has 0 radical (unpaired) electrons. The third-order valence-corrected chi connectivity index (χ3v) is 5.71. The van der Waals surface area contributed by atoms with Gasteiger partial charge in [-0.2, -0.15) is 0 Å². The Labute approximate surface area is 153 Å². The molecule has 2 heterocycles. The van der Waals surface area contributed by atoms with Gasteiger partial charge in [0, 0.05) is 24.7 Å². The Kier molecular flexibility index (Phi) is 5.71. The molecule has 0 spiro atoms. The molecule has 1 saturated heterocycles. The molecule has 25 heavy (non-hydrogen) atoms. The van der Waals surface area contributed by atoms with Crippen LogP contribution in [0.15, 0.2) is 24.3 Å². The number of likely N-dealkylation sites (N-methyl/N-ethyl adjacent to an activating group) is 1. The standard InChI is InChI=1S/C19H25N3O2S/c1-4-24-16-9-7-14(8-10-16)18-21-13(2)17(25-18)19(23)22-11-5-6-15(12-22)20-3/h7-10,15,20H,4-6,11-12H2,1-3H3/t15-/m0/s1. The van der Waals surface area contributed by atoms with Crippen LogP contribution in [-0.4, -0.2) is 48.6 Å². The van der Waals surface area contributed by atoms with E-state index in [0.29, 0.717) is 12.6 Å². The van der Waals surface area contributed by atoms with Crippen molar-refractivity contribution in [2.75, 3.05) is 26.7 Å². The lowest BCUT2D eigenvalue weighted by Crippen LogP contribution is -2.46. The number of nitrogens with one attached hydrogen (secondary N) is 1. The van der Waals surface area contributed by atoms with Crippen molar-refractivity contribution in [3.63, 3.8) is 0 Å². The number of hydrogen-bond donors (Lipinski definition) is 1. The number of likely N-dealkylation sites (tertiary alicyclic amines) is 1. The second kappa shape index (κ2) is 7.97. The zero-order chi connectivity index (χ0) is 17.8. The minimum absolute atomic E-state index is 0.104. The van der Waals surface area contributed by atoms with Gasteiger partial charge in [-0.3, -0.25) is 4.79 Å². The first-order valence-electron chi connectivity index (χ1n) is 8.79. The highest BCUT2D eigenvalue weighted by Gasteiger charge is 2.26. The molecule has 0 bridgehead atoms. The Morgan fingerprint density at radius 2 is 2.16 bits per heavy atom. The number of carbonyl (C=O) groups is 1. The number of benzene rings is 1. The number of hydrogen-bond acceptors (Lipinski definition) is 5.